The third-order valence-corrected chi connectivity index (χ3v) is 1.85. The molecule has 0 spiro atoms. The number of hydrogen-bond acceptors (Lipinski definition) is 3. The Bertz CT molecular complexity index is 302. The van der Waals surface area contributed by atoms with Crippen LogP contribution in [-0.4, -0.2) is 12.3 Å². The molecule has 0 bridgehead atoms. The summed E-state index contributed by atoms with van der Waals surface area (Å²) in [5.74, 6) is -0.197. The quantitative estimate of drug-likeness (QED) is 0.703. The molecule has 0 saturated heterocycles. The van der Waals surface area contributed by atoms with Gasteiger partial charge in [0.2, 0.25) is 0 Å². The molecule has 13 heavy (non-hydrogen) atoms. The summed E-state index contributed by atoms with van der Waals surface area (Å²) in [4.78, 5) is 0. The van der Waals surface area contributed by atoms with E-state index in [0.29, 0.717) is 11.1 Å². The average molecular weight is 185 g/mol. The number of nitrogens with one attached hydrogen (secondary N) is 1. The second kappa shape index (κ2) is 4.20. The number of rotatable bonds is 3. The number of halogens is 1. The van der Waals surface area contributed by atoms with E-state index in [1.807, 2.05) is 5.48 Å². The average Bonchev–Trinajstić information content (AvgIpc) is 2.12. The molecule has 0 unspecified atom stereocenters. The maximum atomic E-state index is 13.4. The Labute approximate surface area is 76.1 Å². The van der Waals surface area contributed by atoms with Crippen molar-refractivity contribution in [2.24, 2.45) is 0 Å². The fourth-order valence-electron chi connectivity index (χ4n) is 1.14. The first-order chi connectivity index (χ1) is 6.20. The molecule has 0 atom stereocenters. The first kappa shape index (κ1) is 9.95. The molecule has 1 aromatic carbocycles. The Balaban J connectivity index is 3.13. The van der Waals surface area contributed by atoms with Crippen LogP contribution >= 0.6 is 0 Å². The van der Waals surface area contributed by atoms with E-state index in [1.165, 1.54) is 7.11 Å². The largest absolute Gasteiger partial charge is 0.493 e. The van der Waals surface area contributed by atoms with Crippen molar-refractivity contribution in [3.05, 3.63) is 29.1 Å². The molecule has 0 aliphatic heterocycles. The van der Waals surface area contributed by atoms with Crippen molar-refractivity contribution in [1.29, 1.82) is 0 Å². The second-order valence-electron chi connectivity index (χ2n) is 2.72. The van der Waals surface area contributed by atoms with Gasteiger partial charge in [-0.3, -0.25) is 0 Å². The minimum Gasteiger partial charge on any atom is -0.493 e. The SMILES string of the molecule is COc1c(CNO)ccc(C)c1F. The van der Waals surface area contributed by atoms with Gasteiger partial charge in [-0.15, -0.1) is 0 Å². The molecule has 0 aliphatic rings. The van der Waals surface area contributed by atoms with E-state index in [2.05, 4.69) is 0 Å². The van der Waals surface area contributed by atoms with Crippen molar-refractivity contribution in [3.63, 3.8) is 0 Å². The third-order valence-electron chi connectivity index (χ3n) is 1.85. The smallest absolute Gasteiger partial charge is 0.168 e. The molecule has 0 aromatic heterocycles. The zero-order chi connectivity index (χ0) is 9.84. The molecule has 2 N–H and O–H groups in total. The molecule has 0 radical (unpaired) electrons. The van der Waals surface area contributed by atoms with Gasteiger partial charge in [-0.2, -0.15) is 0 Å². The normalized spacial score (nSPS) is 10.2. The Hall–Kier alpha value is -1.13. The Kier molecular flexibility index (Phi) is 3.22. The summed E-state index contributed by atoms with van der Waals surface area (Å²) in [6, 6.07) is 3.35. The van der Waals surface area contributed by atoms with E-state index < -0.39 is 0 Å². The molecule has 4 heteroatoms. The molecular formula is C9H12FNO2. The van der Waals surface area contributed by atoms with E-state index >= 15 is 0 Å². The number of ether oxygens (including phenoxy) is 1. The molecule has 0 heterocycles. The van der Waals surface area contributed by atoms with Gasteiger partial charge >= 0.3 is 0 Å². The summed E-state index contributed by atoms with van der Waals surface area (Å²) >= 11 is 0. The topological polar surface area (TPSA) is 41.5 Å². The van der Waals surface area contributed by atoms with E-state index in [4.69, 9.17) is 9.94 Å². The van der Waals surface area contributed by atoms with Crippen LogP contribution in [0.1, 0.15) is 11.1 Å². The third kappa shape index (κ3) is 1.96. The van der Waals surface area contributed by atoms with Gasteiger partial charge in [-0.1, -0.05) is 12.1 Å². The maximum Gasteiger partial charge on any atom is 0.168 e. The molecule has 0 amide bonds. The zero-order valence-electron chi connectivity index (χ0n) is 7.60. The molecule has 0 fully saturated rings. The van der Waals surface area contributed by atoms with E-state index in [0.717, 1.165) is 0 Å². The summed E-state index contributed by atoms with van der Waals surface area (Å²) in [7, 11) is 1.40. The lowest BCUT2D eigenvalue weighted by Crippen LogP contribution is -2.08. The number of benzene rings is 1. The highest BCUT2D eigenvalue weighted by Gasteiger charge is 2.10. The first-order valence-corrected chi connectivity index (χ1v) is 3.89. The number of aryl methyl sites for hydroxylation is 1. The Morgan fingerprint density at radius 1 is 1.54 bits per heavy atom. The van der Waals surface area contributed by atoms with Gasteiger partial charge in [0.1, 0.15) is 0 Å². The highest BCUT2D eigenvalue weighted by molar-refractivity contribution is 5.38. The second-order valence-corrected chi connectivity index (χ2v) is 2.72. The van der Waals surface area contributed by atoms with Crippen molar-refractivity contribution in [2.75, 3.05) is 7.11 Å². The summed E-state index contributed by atoms with van der Waals surface area (Å²) in [5.41, 5.74) is 3.08. The molecular weight excluding hydrogens is 173 g/mol. The standard InChI is InChI=1S/C9H12FNO2/c1-6-3-4-7(5-11-12)9(13-2)8(6)10/h3-4,11-12H,5H2,1-2H3. The van der Waals surface area contributed by atoms with Crippen LogP contribution in [0.3, 0.4) is 0 Å². The lowest BCUT2D eigenvalue weighted by molar-refractivity contribution is 0.160. The van der Waals surface area contributed by atoms with Gasteiger partial charge in [0.05, 0.1) is 7.11 Å². The molecule has 0 saturated carbocycles. The van der Waals surface area contributed by atoms with Crippen molar-refractivity contribution < 1.29 is 14.3 Å². The van der Waals surface area contributed by atoms with Gasteiger partial charge in [0.25, 0.3) is 0 Å². The van der Waals surface area contributed by atoms with Gasteiger partial charge in [0.15, 0.2) is 11.6 Å². The van der Waals surface area contributed by atoms with Gasteiger partial charge in [-0.05, 0) is 12.5 Å². The molecule has 0 aliphatic carbocycles. The van der Waals surface area contributed by atoms with E-state index in [9.17, 15) is 4.39 Å². The van der Waals surface area contributed by atoms with E-state index in [-0.39, 0.29) is 18.1 Å². The van der Waals surface area contributed by atoms with Crippen LogP contribution in [0.4, 0.5) is 4.39 Å². The lowest BCUT2D eigenvalue weighted by Gasteiger charge is -2.09. The molecule has 1 aromatic rings. The molecule has 1 rings (SSSR count). The van der Waals surface area contributed by atoms with Crippen molar-refractivity contribution in [2.45, 2.75) is 13.5 Å². The number of hydrogen-bond donors (Lipinski definition) is 2. The summed E-state index contributed by atoms with van der Waals surface area (Å²) in [6.45, 7) is 1.83. The van der Waals surface area contributed by atoms with Gasteiger partial charge < -0.3 is 9.94 Å². The van der Waals surface area contributed by atoms with Crippen LogP contribution in [0, 0.1) is 12.7 Å². The van der Waals surface area contributed by atoms with E-state index in [1.54, 1.807) is 19.1 Å². The minimum atomic E-state index is -0.379. The van der Waals surface area contributed by atoms with Crippen molar-refractivity contribution >= 4 is 0 Å². The van der Waals surface area contributed by atoms with Crippen molar-refractivity contribution in [3.8, 4) is 5.75 Å². The minimum absolute atomic E-state index is 0.167. The maximum absolute atomic E-state index is 13.4. The fourth-order valence-corrected chi connectivity index (χ4v) is 1.14. The fraction of sp³-hybridized carbons (Fsp3) is 0.333. The molecule has 72 valence electrons. The summed E-state index contributed by atoms with van der Waals surface area (Å²) < 4.78 is 18.2. The van der Waals surface area contributed by atoms with Crippen LogP contribution in [-0.2, 0) is 6.54 Å². The Morgan fingerprint density at radius 2 is 2.23 bits per heavy atom. The van der Waals surface area contributed by atoms with Crippen LogP contribution in [0.25, 0.3) is 0 Å². The predicted molar refractivity (Wildman–Crippen MR) is 46.3 cm³/mol. The highest BCUT2D eigenvalue weighted by atomic mass is 19.1. The summed E-state index contributed by atoms with van der Waals surface area (Å²) in [5, 5.41) is 8.47. The first-order valence-electron chi connectivity index (χ1n) is 3.89. The number of hydroxylamine groups is 1. The Morgan fingerprint density at radius 3 is 2.77 bits per heavy atom. The van der Waals surface area contributed by atoms with Crippen LogP contribution in [0.2, 0.25) is 0 Å². The highest BCUT2D eigenvalue weighted by Crippen LogP contribution is 2.24. The lowest BCUT2D eigenvalue weighted by atomic mass is 10.1. The van der Waals surface area contributed by atoms with Crippen LogP contribution in [0.15, 0.2) is 12.1 Å². The van der Waals surface area contributed by atoms with Gasteiger partial charge in [0, 0.05) is 12.1 Å². The molecule has 3 nitrogen and oxygen atoms in total. The monoisotopic (exact) mass is 185 g/mol. The number of methoxy groups -OCH3 is 1. The summed E-state index contributed by atoms with van der Waals surface area (Å²) in [6.07, 6.45) is 0. The zero-order valence-corrected chi connectivity index (χ0v) is 7.60. The predicted octanol–water partition coefficient (Wildman–Crippen LogP) is 1.62. The van der Waals surface area contributed by atoms with Gasteiger partial charge in [-0.25, -0.2) is 9.87 Å². The van der Waals surface area contributed by atoms with Crippen molar-refractivity contribution in [1.82, 2.24) is 5.48 Å². The van der Waals surface area contributed by atoms with Crippen LogP contribution in [0.5, 0.6) is 5.75 Å². The van der Waals surface area contributed by atoms with Crippen LogP contribution < -0.4 is 10.2 Å².